The molecule has 0 saturated carbocycles. The van der Waals surface area contributed by atoms with Crippen molar-refractivity contribution in [1.29, 1.82) is 0 Å². The lowest BCUT2D eigenvalue weighted by Crippen LogP contribution is -2.46. The van der Waals surface area contributed by atoms with Crippen molar-refractivity contribution in [2.24, 2.45) is 11.0 Å². The Bertz CT molecular complexity index is 594. The van der Waals surface area contributed by atoms with Crippen molar-refractivity contribution in [3.8, 4) is 0 Å². The minimum atomic E-state index is -0.0762. The molecule has 2 rings (SSSR count). The second-order valence-corrected chi connectivity index (χ2v) is 6.53. The summed E-state index contributed by atoms with van der Waals surface area (Å²) >= 11 is 0. The summed E-state index contributed by atoms with van der Waals surface area (Å²) in [7, 11) is 0. The van der Waals surface area contributed by atoms with Crippen LogP contribution in [0.1, 0.15) is 40.5 Å². The first-order chi connectivity index (χ1) is 10.9. The third-order valence-electron chi connectivity index (χ3n) is 3.73. The van der Waals surface area contributed by atoms with Gasteiger partial charge in [0, 0.05) is 25.4 Å². The summed E-state index contributed by atoms with van der Waals surface area (Å²) in [5, 5.41) is 5.70. The fourth-order valence-corrected chi connectivity index (χ4v) is 2.57. The summed E-state index contributed by atoms with van der Waals surface area (Å²) in [6.45, 7) is 8.87. The molecule has 1 aromatic rings. The highest BCUT2D eigenvalue weighted by Crippen LogP contribution is 2.21. The third kappa shape index (κ3) is 4.18. The van der Waals surface area contributed by atoms with Gasteiger partial charge in [0.1, 0.15) is 5.71 Å². The zero-order chi connectivity index (χ0) is 17.0. The van der Waals surface area contributed by atoms with Crippen molar-refractivity contribution < 1.29 is 9.59 Å². The maximum Gasteiger partial charge on any atom is 0.270 e. The summed E-state index contributed by atoms with van der Waals surface area (Å²) < 4.78 is 0. The largest absolute Gasteiger partial charge is 0.335 e. The van der Waals surface area contributed by atoms with Gasteiger partial charge in [-0.15, -0.1) is 0 Å². The second kappa shape index (κ2) is 7.40. The summed E-state index contributed by atoms with van der Waals surface area (Å²) in [6.07, 6.45) is 0.718. The molecule has 0 aromatic heterocycles. The highest BCUT2D eigenvalue weighted by Gasteiger charge is 2.29. The minimum Gasteiger partial charge on any atom is -0.335 e. The summed E-state index contributed by atoms with van der Waals surface area (Å²) in [5.74, 6) is 0.243. The van der Waals surface area contributed by atoms with Crippen molar-refractivity contribution >= 4 is 23.2 Å². The van der Waals surface area contributed by atoms with E-state index >= 15 is 0 Å². The zero-order valence-electron chi connectivity index (χ0n) is 14.3. The Morgan fingerprint density at radius 2 is 1.83 bits per heavy atom. The van der Waals surface area contributed by atoms with Gasteiger partial charge in [-0.3, -0.25) is 9.59 Å². The predicted molar refractivity (Wildman–Crippen MR) is 92.3 cm³/mol. The molecule has 0 unspecified atom stereocenters. The van der Waals surface area contributed by atoms with Crippen molar-refractivity contribution in [3.05, 3.63) is 30.3 Å². The number of para-hydroxylation sites is 1. The van der Waals surface area contributed by atoms with Crippen molar-refractivity contribution in [2.75, 3.05) is 11.6 Å². The van der Waals surface area contributed by atoms with Gasteiger partial charge in [-0.1, -0.05) is 32.0 Å². The summed E-state index contributed by atoms with van der Waals surface area (Å²) in [4.78, 5) is 26.8. The quantitative estimate of drug-likeness (QED) is 0.838. The molecule has 0 fully saturated rings. The van der Waals surface area contributed by atoms with Crippen LogP contribution >= 0.6 is 0 Å². The molecule has 0 saturated heterocycles. The molecule has 1 aromatic carbocycles. The van der Waals surface area contributed by atoms with Gasteiger partial charge in [0.2, 0.25) is 5.91 Å². The van der Waals surface area contributed by atoms with Crippen LogP contribution in [0.25, 0.3) is 0 Å². The summed E-state index contributed by atoms with van der Waals surface area (Å²) in [6, 6.07) is 9.35. The van der Waals surface area contributed by atoms with E-state index in [1.807, 2.05) is 49.1 Å². The van der Waals surface area contributed by atoms with E-state index in [0.29, 0.717) is 36.7 Å². The van der Waals surface area contributed by atoms with Gasteiger partial charge in [0.25, 0.3) is 5.91 Å². The fraction of sp³-hybridized carbons (Fsp3) is 0.500. The topological polar surface area (TPSA) is 53.0 Å². The summed E-state index contributed by atoms with van der Waals surface area (Å²) in [5.41, 5.74) is 1.16. The highest BCUT2D eigenvalue weighted by molar-refractivity contribution is 6.40. The smallest absolute Gasteiger partial charge is 0.270 e. The van der Waals surface area contributed by atoms with Gasteiger partial charge < -0.3 is 4.90 Å². The Morgan fingerprint density at radius 1 is 1.17 bits per heavy atom. The monoisotopic (exact) mass is 315 g/mol. The minimum absolute atomic E-state index is 0.0675. The number of hydrazone groups is 1. The Labute approximate surface area is 138 Å². The molecule has 124 valence electrons. The number of carbonyl (C=O) groups excluding carboxylic acids is 2. The molecule has 1 aliphatic rings. The molecule has 23 heavy (non-hydrogen) atoms. The fourth-order valence-electron chi connectivity index (χ4n) is 2.57. The van der Waals surface area contributed by atoms with Crippen LogP contribution in [0.3, 0.4) is 0 Å². The SMILES string of the molecule is CC(C)CN(C(=O)C1=NN(c2ccccc2)C(=O)CC1)C(C)C. The number of benzene rings is 1. The molecular weight excluding hydrogens is 290 g/mol. The molecule has 0 aliphatic carbocycles. The Hall–Kier alpha value is -2.17. The lowest BCUT2D eigenvalue weighted by atomic mass is 10.1. The van der Waals surface area contributed by atoms with Crippen LogP contribution in [-0.4, -0.2) is 35.0 Å². The number of hydrogen-bond acceptors (Lipinski definition) is 3. The number of carbonyl (C=O) groups is 2. The average molecular weight is 315 g/mol. The van der Waals surface area contributed by atoms with Crippen LogP contribution in [-0.2, 0) is 9.59 Å². The Balaban J connectivity index is 2.27. The van der Waals surface area contributed by atoms with Crippen molar-refractivity contribution in [2.45, 2.75) is 46.6 Å². The second-order valence-electron chi connectivity index (χ2n) is 6.53. The molecule has 0 atom stereocenters. The standard InChI is InChI=1S/C18H25N3O2/c1-13(2)12-20(14(3)4)18(23)16-10-11-17(22)21(19-16)15-8-6-5-7-9-15/h5-9,13-14H,10-12H2,1-4H3. The molecule has 5 heteroatoms. The predicted octanol–water partition coefficient (Wildman–Crippen LogP) is 3.06. The molecule has 0 bridgehead atoms. The first-order valence-electron chi connectivity index (χ1n) is 8.16. The van der Waals surface area contributed by atoms with Crippen LogP contribution in [0.4, 0.5) is 5.69 Å². The normalized spacial score (nSPS) is 15.1. The van der Waals surface area contributed by atoms with E-state index in [0.717, 1.165) is 0 Å². The number of rotatable bonds is 5. The van der Waals surface area contributed by atoms with E-state index < -0.39 is 0 Å². The lowest BCUT2D eigenvalue weighted by Gasteiger charge is -2.31. The molecule has 0 N–H and O–H groups in total. The van der Waals surface area contributed by atoms with E-state index in [9.17, 15) is 9.59 Å². The number of nitrogens with zero attached hydrogens (tertiary/aromatic N) is 3. The molecule has 5 nitrogen and oxygen atoms in total. The van der Waals surface area contributed by atoms with E-state index in [-0.39, 0.29) is 17.9 Å². The van der Waals surface area contributed by atoms with Crippen LogP contribution in [0.5, 0.6) is 0 Å². The molecule has 1 heterocycles. The van der Waals surface area contributed by atoms with Crippen LogP contribution in [0.15, 0.2) is 35.4 Å². The first kappa shape index (κ1) is 17.2. The molecular formula is C18H25N3O2. The number of anilines is 1. The van der Waals surface area contributed by atoms with E-state index in [4.69, 9.17) is 0 Å². The number of hydrogen-bond donors (Lipinski definition) is 0. The van der Waals surface area contributed by atoms with Crippen molar-refractivity contribution in [1.82, 2.24) is 4.90 Å². The van der Waals surface area contributed by atoms with Crippen LogP contribution < -0.4 is 5.01 Å². The Morgan fingerprint density at radius 3 is 2.39 bits per heavy atom. The van der Waals surface area contributed by atoms with Gasteiger partial charge in [-0.05, 0) is 31.9 Å². The third-order valence-corrected chi connectivity index (χ3v) is 3.73. The van der Waals surface area contributed by atoms with E-state index in [2.05, 4.69) is 18.9 Å². The molecule has 0 radical (unpaired) electrons. The average Bonchev–Trinajstić information content (AvgIpc) is 2.53. The van der Waals surface area contributed by atoms with Gasteiger partial charge in [-0.2, -0.15) is 5.10 Å². The van der Waals surface area contributed by atoms with E-state index in [1.54, 1.807) is 0 Å². The van der Waals surface area contributed by atoms with Gasteiger partial charge in [-0.25, -0.2) is 5.01 Å². The maximum absolute atomic E-state index is 12.8. The first-order valence-corrected chi connectivity index (χ1v) is 8.16. The highest BCUT2D eigenvalue weighted by atomic mass is 16.2. The number of amides is 2. The lowest BCUT2D eigenvalue weighted by molar-refractivity contribution is -0.126. The van der Waals surface area contributed by atoms with Gasteiger partial charge in [0.05, 0.1) is 5.69 Å². The molecule has 0 spiro atoms. The Kier molecular flexibility index (Phi) is 5.53. The van der Waals surface area contributed by atoms with Gasteiger partial charge >= 0.3 is 0 Å². The molecule has 1 aliphatic heterocycles. The molecule has 2 amide bonds. The van der Waals surface area contributed by atoms with Crippen LogP contribution in [0, 0.1) is 5.92 Å². The maximum atomic E-state index is 12.8. The van der Waals surface area contributed by atoms with Gasteiger partial charge in [0.15, 0.2) is 0 Å². The zero-order valence-corrected chi connectivity index (χ0v) is 14.3. The van der Waals surface area contributed by atoms with E-state index in [1.165, 1.54) is 5.01 Å². The van der Waals surface area contributed by atoms with Crippen LogP contribution in [0.2, 0.25) is 0 Å². The van der Waals surface area contributed by atoms with Crippen molar-refractivity contribution in [3.63, 3.8) is 0 Å².